The Labute approximate surface area is 86.2 Å². The number of hydrogen-bond donors (Lipinski definition) is 1. The lowest BCUT2D eigenvalue weighted by atomic mass is 10.3. The first-order valence-electron chi connectivity index (χ1n) is 4.20. The number of thiazole rings is 1. The van der Waals surface area contributed by atoms with Crippen LogP contribution in [0.1, 0.15) is 4.88 Å². The molecule has 1 heterocycles. The Kier molecular flexibility index (Phi) is 2.65. The minimum absolute atomic E-state index is 0.564. The van der Waals surface area contributed by atoms with Crippen LogP contribution in [-0.4, -0.2) is 4.98 Å². The summed E-state index contributed by atoms with van der Waals surface area (Å²) in [6.45, 7) is 0.564. The van der Waals surface area contributed by atoms with Crippen LogP contribution in [0.2, 0.25) is 0 Å². The second-order valence-electron chi connectivity index (χ2n) is 2.83. The Morgan fingerprint density at radius 3 is 2.71 bits per heavy atom. The van der Waals surface area contributed by atoms with Gasteiger partial charge in [0, 0.05) is 11.9 Å². The number of hydrogen-bond acceptors (Lipinski definition) is 4. The van der Waals surface area contributed by atoms with Gasteiger partial charge in [-0.25, -0.2) is 0 Å². The Morgan fingerprint density at radius 2 is 2.07 bits per heavy atom. The van der Waals surface area contributed by atoms with Gasteiger partial charge in [-0.1, -0.05) is 0 Å². The molecule has 0 fully saturated rings. The third kappa shape index (κ3) is 2.23. The van der Waals surface area contributed by atoms with E-state index in [0.29, 0.717) is 6.61 Å². The van der Waals surface area contributed by atoms with Crippen molar-refractivity contribution in [3.8, 4) is 5.75 Å². The summed E-state index contributed by atoms with van der Waals surface area (Å²) in [6, 6.07) is 7.36. The van der Waals surface area contributed by atoms with Crippen molar-refractivity contribution < 1.29 is 4.74 Å². The third-order valence-electron chi connectivity index (χ3n) is 1.74. The lowest BCUT2D eigenvalue weighted by Crippen LogP contribution is -1.93. The zero-order valence-electron chi connectivity index (χ0n) is 7.51. The van der Waals surface area contributed by atoms with Crippen molar-refractivity contribution in [2.45, 2.75) is 6.61 Å². The van der Waals surface area contributed by atoms with Crippen LogP contribution in [0, 0.1) is 0 Å². The van der Waals surface area contributed by atoms with E-state index in [9.17, 15) is 0 Å². The summed E-state index contributed by atoms with van der Waals surface area (Å²) in [4.78, 5) is 5.08. The molecule has 0 radical (unpaired) electrons. The summed E-state index contributed by atoms with van der Waals surface area (Å²) in [6.07, 6.45) is 1.81. The van der Waals surface area contributed by atoms with Crippen molar-refractivity contribution in [3.05, 3.63) is 40.8 Å². The van der Waals surface area contributed by atoms with Gasteiger partial charge in [-0.2, -0.15) is 0 Å². The van der Waals surface area contributed by atoms with Crippen LogP contribution in [0.25, 0.3) is 0 Å². The predicted octanol–water partition coefficient (Wildman–Crippen LogP) is 2.30. The maximum atomic E-state index is 5.55. The zero-order chi connectivity index (χ0) is 9.80. The third-order valence-corrected chi connectivity index (χ3v) is 2.50. The quantitative estimate of drug-likeness (QED) is 0.784. The van der Waals surface area contributed by atoms with Crippen LogP contribution in [0.4, 0.5) is 5.69 Å². The maximum Gasteiger partial charge on any atom is 0.124 e. The molecule has 0 aliphatic heterocycles. The number of nitrogens with two attached hydrogens (primary N) is 1. The molecule has 0 saturated carbocycles. The van der Waals surface area contributed by atoms with Crippen LogP contribution in [0.15, 0.2) is 36.0 Å². The van der Waals surface area contributed by atoms with Crippen LogP contribution < -0.4 is 10.5 Å². The molecule has 14 heavy (non-hydrogen) atoms. The molecule has 0 aliphatic carbocycles. The summed E-state index contributed by atoms with van der Waals surface area (Å²) < 4.78 is 5.52. The van der Waals surface area contributed by atoms with Crippen molar-refractivity contribution in [3.63, 3.8) is 0 Å². The summed E-state index contributed by atoms with van der Waals surface area (Å²) >= 11 is 1.58. The van der Waals surface area contributed by atoms with E-state index < -0.39 is 0 Å². The van der Waals surface area contributed by atoms with Gasteiger partial charge in [0.05, 0.1) is 10.4 Å². The highest BCUT2D eigenvalue weighted by molar-refractivity contribution is 7.09. The monoisotopic (exact) mass is 206 g/mol. The Balaban J connectivity index is 1.95. The second kappa shape index (κ2) is 4.11. The van der Waals surface area contributed by atoms with Crippen LogP contribution in [-0.2, 0) is 6.61 Å². The smallest absolute Gasteiger partial charge is 0.124 e. The van der Waals surface area contributed by atoms with Crippen LogP contribution >= 0.6 is 11.3 Å². The van der Waals surface area contributed by atoms with Gasteiger partial charge in [0.1, 0.15) is 12.4 Å². The van der Waals surface area contributed by atoms with E-state index in [1.54, 1.807) is 16.8 Å². The van der Waals surface area contributed by atoms with E-state index >= 15 is 0 Å². The number of ether oxygens (including phenoxy) is 1. The zero-order valence-corrected chi connectivity index (χ0v) is 8.33. The molecule has 0 amide bonds. The fourth-order valence-electron chi connectivity index (χ4n) is 1.03. The molecule has 0 unspecified atom stereocenters. The van der Waals surface area contributed by atoms with E-state index in [1.807, 2.05) is 30.5 Å². The normalized spacial score (nSPS) is 10.0. The number of aromatic nitrogens is 1. The number of anilines is 1. The Hall–Kier alpha value is -1.55. The van der Waals surface area contributed by atoms with Crippen LogP contribution in [0.3, 0.4) is 0 Å². The Bertz CT molecular complexity index is 383. The fraction of sp³-hybridized carbons (Fsp3) is 0.100. The lowest BCUT2D eigenvalue weighted by molar-refractivity contribution is 0.309. The molecule has 0 aliphatic rings. The van der Waals surface area contributed by atoms with Crippen molar-refractivity contribution >= 4 is 17.0 Å². The van der Waals surface area contributed by atoms with Gasteiger partial charge in [-0.05, 0) is 24.3 Å². The lowest BCUT2D eigenvalue weighted by Gasteiger charge is -2.03. The summed E-state index contributed by atoms with van der Waals surface area (Å²) in [5, 5.41) is 0. The first-order valence-corrected chi connectivity index (χ1v) is 5.08. The molecule has 4 heteroatoms. The van der Waals surface area contributed by atoms with Gasteiger partial charge in [0.25, 0.3) is 0 Å². The topological polar surface area (TPSA) is 48.1 Å². The summed E-state index contributed by atoms with van der Waals surface area (Å²) in [5.74, 6) is 0.826. The van der Waals surface area contributed by atoms with Crippen molar-refractivity contribution in [2.75, 3.05) is 5.73 Å². The van der Waals surface area contributed by atoms with Crippen molar-refractivity contribution in [2.24, 2.45) is 0 Å². The minimum Gasteiger partial charge on any atom is -0.488 e. The molecule has 0 bridgehead atoms. The van der Waals surface area contributed by atoms with Gasteiger partial charge < -0.3 is 10.5 Å². The average Bonchev–Trinajstić information content (AvgIpc) is 2.70. The van der Waals surface area contributed by atoms with Gasteiger partial charge in [0.2, 0.25) is 0 Å². The highest BCUT2D eigenvalue weighted by Crippen LogP contribution is 2.15. The molecule has 2 rings (SSSR count). The highest BCUT2D eigenvalue weighted by Gasteiger charge is 1.96. The van der Waals surface area contributed by atoms with E-state index in [4.69, 9.17) is 10.5 Å². The molecular weight excluding hydrogens is 196 g/mol. The van der Waals surface area contributed by atoms with Gasteiger partial charge in [-0.15, -0.1) is 11.3 Å². The Morgan fingerprint density at radius 1 is 1.29 bits per heavy atom. The van der Waals surface area contributed by atoms with Crippen LogP contribution in [0.5, 0.6) is 5.75 Å². The summed E-state index contributed by atoms with van der Waals surface area (Å²) in [5.41, 5.74) is 8.09. The number of nitrogen functional groups attached to an aromatic ring is 1. The number of benzene rings is 1. The minimum atomic E-state index is 0.564. The van der Waals surface area contributed by atoms with Gasteiger partial charge >= 0.3 is 0 Å². The first-order chi connectivity index (χ1) is 6.84. The molecule has 72 valence electrons. The predicted molar refractivity (Wildman–Crippen MR) is 57.3 cm³/mol. The molecular formula is C10H10N2OS. The SMILES string of the molecule is Nc1ccc(OCc2cncs2)cc1. The molecule has 0 saturated heterocycles. The number of nitrogens with zero attached hydrogens (tertiary/aromatic N) is 1. The molecule has 0 spiro atoms. The fourth-order valence-corrected chi connectivity index (χ4v) is 1.54. The van der Waals surface area contributed by atoms with Crippen molar-refractivity contribution in [1.29, 1.82) is 0 Å². The van der Waals surface area contributed by atoms with E-state index in [2.05, 4.69) is 4.98 Å². The van der Waals surface area contributed by atoms with Gasteiger partial charge in [0.15, 0.2) is 0 Å². The average molecular weight is 206 g/mol. The molecule has 2 N–H and O–H groups in total. The second-order valence-corrected chi connectivity index (χ2v) is 3.80. The standard InChI is InChI=1S/C10H10N2OS/c11-8-1-3-9(4-2-8)13-6-10-5-12-7-14-10/h1-5,7H,6,11H2. The molecule has 1 aromatic carbocycles. The number of rotatable bonds is 3. The first kappa shape index (κ1) is 9.02. The van der Waals surface area contributed by atoms with Crippen molar-refractivity contribution in [1.82, 2.24) is 4.98 Å². The van der Waals surface area contributed by atoms with E-state index in [-0.39, 0.29) is 0 Å². The molecule has 0 atom stereocenters. The highest BCUT2D eigenvalue weighted by atomic mass is 32.1. The molecule has 2 aromatic rings. The van der Waals surface area contributed by atoms with Gasteiger partial charge in [-0.3, -0.25) is 4.98 Å². The maximum absolute atomic E-state index is 5.55. The van der Waals surface area contributed by atoms with E-state index in [0.717, 1.165) is 16.3 Å². The van der Waals surface area contributed by atoms with E-state index in [1.165, 1.54) is 0 Å². The summed E-state index contributed by atoms with van der Waals surface area (Å²) in [7, 11) is 0. The molecule has 1 aromatic heterocycles. The largest absolute Gasteiger partial charge is 0.488 e. The molecule has 3 nitrogen and oxygen atoms in total.